The van der Waals surface area contributed by atoms with Crippen LogP contribution in [0, 0.1) is 11.8 Å². The minimum absolute atomic E-state index is 0.00251. The number of carboxylic acid groups (broad SMARTS) is 1. The van der Waals surface area contributed by atoms with E-state index in [0.717, 1.165) is 6.42 Å². The molecule has 0 saturated carbocycles. The molecule has 1 aliphatic rings. The molecule has 0 aromatic carbocycles. The van der Waals surface area contributed by atoms with Crippen LogP contribution in [0.5, 0.6) is 0 Å². The molecule has 1 heterocycles. The molecule has 6 atom stereocenters. The van der Waals surface area contributed by atoms with Crippen LogP contribution in [0.2, 0.25) is 0 Å². The molecule has 0 bridgehead atoms. The number of hydrogen-bond acceptors (Lipinski definition) is 6. The molecular formula is C20H36N4O5S. The number of nitrogens with zero attached hydrogens (tertiary/aromatic N) is 1. The van der Waals surface area contributed by atoms with Gasteiger partial charge in [-0.15, -0.1) is 0 Å². The highest BCUT2D eigenvalue weighted by molar-refractivity contribution is 7.80. The molecule has 1 saturated heterocycles. The molecular weight excluding hydrogens is 408 g/mol. The third kappa shape index (κ3) is 6.60. The first-order valence-corrected chi connectivity index (χ1v) is 11.2. The van der Waals surface area contributed by atoms with Crippen LogP contribution in [0.4, 0.5) is 0 Å². The standard InChI is InChI=1S/C20H36N4O5S/c1-5-11(3)15(21)19(27)24-9-7-8-14(24)18(26)22-13(10-30)17(25)23-16(20(28)29)12(4)6-2/h11-16,30H,5-10,21H2,1-4H3,(H,22,26)(H,23,25)(H,28,29). The number of carbonyl (C=O) groups excluding carboxylic acids is 3. The normalized spacial score (nSPS) is 21.3. The third-order valence-electron chi connectivity index (χ3n) is 5.97. The minimum Gasteiger partial charge on any atom is -0.480 e. The Kier molecular flexibility index (Phi) is 10.6. The van der Waals surface area contributed by atoms with Crippen molar-refractivity contribution in [3.63, 3.8) is 0 Å². The Labute approximate surface area is 183 Å². The van der Waals surface area contributed by atoms with Crippen LogP contribution in [-0.4, -0.2) is 70.2 Å². The number of hydrogen-bond donors (Lipinski definition) is 5. The highest BCUT2D eigenvalue weighted by Gasteiger charge is 2.38. The van der Waals surface area contributed by atoms with Gasteiger partial charge in [-0.1, -0.05) is 40.5 Å². The Morgan fingerprint density at radius 3 is 2.23 bits per heavy atom. The fourth-order valence-corrected chi connectivity index (χ4v) is 3.65. The van der Waals surface area contributed by atoms with Gasteiger partial charge in [0.15, 0.2) is 0 Å². The molecule has 6 unspecified atom stereocenters. The first-order valence-electron chi connectivity index (χ1n) is 10.6. The van der Waals surface area contributed by atoms with Gasteiger partial charge in [0, 0.05) is 12.3 Å². The maximum absolute atomic E-state index is 12.8. The summed E-state index contributed by atoms with van der Waals surface area (Å²) >= 11 is 4.13. The van der Waals surface area contributed by atoms with E-state index in [4.69, 9.17) is 5.73 Å². The number of likely N-dealkylation sites (tertiary alicyclic amines) is 1. The molecule has 1 aliphatic heterocycles. The number of thiol groups is 1. The monoisotopic (exact) mass is 444 g/mol. The Morgan fingerprint density at radius 1 is 1.13 bits per heavy atom. The lowest BCUT2D eigenvalue weighted by molar-refractivity contribution is -0.144. The summed E-state index contributed by atoms with van der Waals surface area (Å²) in [6.07, 6.45) is 2.48. The number of carbonyl (C=O) groups is 4. The zero-order valence-corrected chi connectivity index (χ0v) is 19.2. The van der Waals surface area contributed by atoms with Crippen molar-refractivity contribution in [1.82, 2.24) is 15.5 Å². The highest BCUT2D eigenvalue weighted by atomic mass is 32.1. The summed E-state index contributed by atoms with van der Waals surface area (Å²) in [6.45, 7) is 7.85. The summed E-state index contributed by atoms with van der Waals surface area (Å²) in [5.74, 6) is -2.75. The average molecular weight is 445 g/mol. The van der Waals surface area contributed by atoms with Crippen molar-refractivity contribution in [2.75, 3.05) is 12.3 Å². The summed E-state index contributed by atoms with van der Waals surface area (Å²) in [5.41, 5.74) is 6.06. The van der Waals surface area contributed by atoms with Gasteiger partial charge < -0.3 is 26.4 Å². The van der Waals surface area contributed by atoms with E-state index < -0.39 is 42.0 Å². The minimum atomic E-state index is -1.13. The van der Waals surface area contributed by atoms with Crippen molar-refractivity contribution < 1.29 is 24.3 Å². The molecule has 0 spiro atoms. The van der Waals surface area contributed by atoms with Gasteiger partial charge in [-0.25, -0.2) is 4.79 Å². The van der Waals surface area contributed by atoms with Crippen molar-refractivity contribution >= 4 is 36.3 Å². The zero-order valence-electron chi connectivity index (χ0n) is 18.3. The fourth-order valence-electron chi connectivity index (χ4n) is 3.39. The second-order valence-electron chi connectivity index (χ2n) is 8.05. The second-order valence-corrected chi connectivity index (χ2v) is 8.42. The number of amides is 3. The van der Waals surface area contributed by atoms with Gasteiger partial charge in [0.25, 0.3) is 0 Å². The average Bonchev–Trinajstić information content (AvgIpc) is 3.22. The first-order chi connectivity index (χ1) is 14.1. The summed E-state index contributed by atoms with van der Waals surface area (Å²) in [5, 5.41) is 14.5. The Bertz CT molecular complexity index is 632. The van der Waals surface area contributed by atoms with E-state index in [-0.39, 0.29) is 23.5 Å². The predicted molar refractivity (Wildman–Crippen MR) is 117 cm³/mol. The van der Waals surface area contributed by atoms with Crippen LogP contribution in [-0.2, 0) is 19.2 Å². The maximum Gasteiger partial charge on any atom is 0.326 e. The topological polar surface area (TPSA) is 142 Å². The van der Waals surface area contributed by atoms with Crippen LogP contribution in [0.25, 0.3) is 0 Å². The van der Waals surface area contributed by atoms with Crippen LogP contribution < -0.4 is 16.4 Å². The molecule has 3 amide bonds. The summed E-state index contributed by atoms with van der Waals surface area (Å²) < 4.78 is 0. The largest absolute Gasteiger partial charge is 0.480 e. The summed E-state index contributed by atoms with van der Waals surface area (Å²) in [6, 6.07) is -3.45. The van der Waals surface area contributed by atoms with Crippen molar-refractivity contribution in [3.05, 3.63) is 0 Å². The Morgan fingerprint density at radius 2 is 1.73 bits per heavy atom. The molecule has 5 N–H and O–H groups in total. The zero-order chi connectivity index (χ0) is 23.0. The third-order valence-corrected chi connectivity index (χ3v) is 6.34. The molecule has 0 aromatic heterocycles. The maximum atomic E-state index is 12.8. The van der Waals surface area contributed by atoms with Crippen molar-refractivity contribution in [1.29, 1.82) is 0 Å². The lowest BCUT2D eigenvalue weighted by Gasteiger charge is -2.30. The molecule has 9 nitrogen and oxygen atoms in total. The quantitative estimate of drug-likeness (QED) is 0.292. The molecule has 1 rings (SSSR count). The van der Waals surface area contributed by atoms with E-state index in [9.17, 15) is 24.3 Å². The van der Waals surface area contributed by atoms with E-state index in [1.807, 2.05) is 20.8 Å². The van der Waals surface area contributed by atoms with Gasteiger partial charge in [-0.3, -0.25) is 14.4 Å². The van der Waals surface area contributed by atoms with Gasteiger partial charge in [-0.05, 0) is 24.7 Å². The number of rotatable bonds is 11. The van der Waals surface area contributed by atoms with Crippen molar-refractivity contribution in [2.24, 2.45) is 17.6 Å². The number of nitrogens with two attached hydrogens (primary N) is 1. The van der Waals surface area contributed by atoms with Crippen LogP contribution in [0.15, 0.2) is 0 Å². The smallest absolute Gasteiger partial charge is 0.326 e. The second kappa shape index (κ2) is 12.1. The molecule has 0 aliphatic carbocycles. The molecule has 0 aromatic rings. The fraction of sp³-hybridized carbons (Fsp3) is 0.800. The number of nitrogens with one attached hydrogen (secondary N) is 2. The SMILES string of the molecule is CCC(C)C(N)C(=O)N1CCCC1C(=O)NC(CS)C(=O)NC(C(=O)O)C(C)CC. The highest BCUT2D eigenvalue weighted by Crippen LogP contribution is 2.21. The van der Waals surface area contributed by atoms with E-state index in [1.54, 1.807) is 6.92 Å². The predicted octanol–water partition coefficient (Wildman–Crippen LogP) is 0.381. The lowest BCUT2D eigenvalue weighted by Crippen LogP contribution is -2.58. The van der Waals surface area contributed by atoms with E-state index in [2.05, 4.69) is 23.3 Å². The van der Waals surface area contributed by atoms with Crippen molar-refractivity contribution in [2.45, 2.75) is 77.5 Å². The first kappa shape index (κ1) is 26.2. The molecule has 172 valence electrons. The van der Waals surface area contributed by atoms with Gasteiger partial charge in [0.2, 0.25) is 17.7 Å². The van der Waals surface area contributed by atoms with Gasteiger partial charge in [-0.2, -0.15) is 12.6 Å². The molecule has 0 radical (unpaired) electrons. The molecule has 1 fully saturated rings. The van der Waals surface area contributed by atoms with E-state index in [1.165, 1.54) is 4.90 Å². The van der Waals surface area contributed by atoms with E-state index in [0.29, 0.717) is 25.8 Å². The Balaban J connectivity index is 2.83. The van der Waals surface area contributed by atoms with Gasteiger partial charge in [0.1, 0.15) is 18.1 Å². The summed E-state index contributed by atoms with van der Waals surface area (Å²) in [7, 11) is 0. The van der Waals surface area contributed by atoms with E-state index >= 15 is 0 Å². The van der Waals surface area contributed by atoms with Crippen LogP contribution in [0.3, 0.4) is 0 Å². The molecule has 30 heavy (non-hydrogen) atoms. The van der Waals surface area contributed by atoms with Gasteiger partial charge >= 0.3 is 5.97 Å². The van der Waals surface area contributed by atoms with Crippen LogP contribution >= 0.6 is 12.6 Å². The lowest BCUT2D eigenvalue weighted by atomic mass is 9.98. The summed E-state index contributed by atoms with van der Waals surface area (Å²) in [4.78, 5) is 51.1. The molecule has 10 heteroatoms. The van der Waals surface area contributed by atoms with Crippen LogP contribution in [0.1, 0.15) is 53.4 Å². The number of carboxylic acids is 1. The Hall–Kier alpha value is -1.81. The van der Waals surface area contributed by atoms with Gasteiger partial charge in [0.05, 0.1) is 6.04 Å². The number of aliphatic carboxylic acids is 1. The van der Waals surface area contributed by atoms with Crippen molar-refractivity contribution in [3.8, 4) is 0 Å².